The van der Waals surface area contributed by atoms with Gasteiger partial charge in [-0.05, 0) is 177 Å². The normalized spacial score (nSPS) is 40.4. The van der Waals surface area contributed by atoms with E-state index in [1.807, 2.05) is 11.1 Å². The van der Waals surface area contributed by atoms with Crippen LogP contribution in [0.25, 0.3) is 0 Å². The molecule has 1 aromatic carbocycles. The van der Waals surface area contributed by atoms with Crippen molar-refractivity contribution in [3.63, 3.8) is 0 Å². The zero-order valence-electron chi connectivity index (χ0n) is 36.3. The molecule has 0 radical (unpaired) electrons. The van der Waals surface area contributed by atoms with Crippen molar-refractivity contribution >= 4 is 5.91 Å². The van der Waals surface area contributed by atoms with E-state index in [9.17, 15) is 9.90 Å². The van der Waals surface area contributed by atoms with Gasteiger partial charge in [-0.3, -0.25) is 4.79 Å². The number of amides is 1. The molecule has 0 aliphatic heterocycles. The molecule has 1 amide bonds. The van der Waals surface area contributed by atoms with Crippen LogP contribution in [0.5, 0.6) is 0 Å². The number of carbonyl (C=O) groups excluding carboxylic acids is 1. The van der Waals surface area contributed by atoms with Gasteiger partial charge in [0.2, 0.25) is 5.91 Å². The lowest BCUT2D eigenvalue weighted by Gasteiger charge is -2.62. The van der Waals surface area contributed by atoms with Gasteiger partial charge in [0.1, 0.15) is 0 Å². The summed E-state index contributed by atoms with van der Waals surface area (Å²) >= 11 is 0. The molecule has 3 fully saturated rings. The van der Waals surface area contributed by atoms with E-state index in [-0.39, 0.29) is 28.3 Å². The summed E-state index contributed by atoms with van der Waals surface area (Å²) in [7, 11) is 0. The van der Waals surface area contributed by atoms with Crippen LogP contribution in [0.2, 0.25) is 0 Å². The fourth-order valence-electron chi connectivity index (χ4n) is 14.6. The molecule has 3 N–H and O–H groups in total. The van der Waals surface area contributed by atoms with Crippen LogP contribution in [-0.2, 0) is 16.6 Å². The van der Waals surface area contributed by atoms with Crippen molar-refractivity contribution in [2.24, 2.45) is 56.5 Å². The molecule has 0 aromatic heterocycles. The highest BCUT2D eigenvalue weighted by Crippen LogP contribution is 2.72. The lowest BCUT2D eigenvalue weighted by molar-refractivity contribution is -0.135. The Balaban J connectivity index is 0.000000192. The molecule has 0 spiro atoms. The number of carbonyl (C=O) groups is 1. The average molecular weight is 726 g/mol. The predicted molar refractivity (Wildman–Crippen MR) is 224 cm³/mol. The van der Waals surface area contributed by atoms with Gasteiger partial charge in [-0.1, -0.05) is 117 Å². The summed E-state index contributed by atoms with van der Waals surface area (Å²) in [5.74, 6) is 3.16. The highest BCUT2D eigenvalue weighted by molar-refractivity contribution is 5.81. The number of benzene rings is 1. The van der Waals surface area contributed by atoms with Crippen molar-refractivity contribution < 1.29 is 9.90 Å². The minimum absolute atomic E-state index is 0.0465. The Morgan fingerprint density at radius 2 is 1.53 bits per heavy atom. The number of allylic oxidation sites excluding steroid dienone is 4. The van der Waals surface area contributed by atoms with E-state index >= 15 is 0 Å². The number of rotatable bonds is 6. The summed E-state index contributed by atoms with van der Waals surface area (Å²) < 4.78 is 0. The molecule has 10 atom stereocenters. The topological polar surface area (TPSA) is 63.3 Å². The standard InChI is InChI=1S/C30H50O.C20H29NO/c1-20(2)10-9-11-21(3)22-14-18-30(8)24-12-13-25-27(4,5)26(31)16-17-28(25,6)23(24)15-19-29(22,30)7;1-13(2)14-6-8-16-15(12-14)7-9-17-19(16,3)10-5-11-20(17,4)18(21)22/h10,21-22,25-26,31H,9,11-19H2,1-8H3;6,8,12-13,17H,5,7,9-11H2,1-4H3,(H2,21,22). The lowest BCUT2D eigenvalue weighted by Crippen LogP contribution is -2.55. The molecule has 0 saturated heterocycles. The predicted octanol–water partition coefficient (Wildman–Crippen LogP) is 12.8. The molecular formula is C50H79NO2. The van der Waals surface area contributed by atoms with Crippen molar-refractivity contribution in [1.82, 2.24) is 0 Å². The van der Waals surface area contributed by atoms with Crippen molar-refractivity contribution in [1.29, 1.82) is 0 Å². The molecule has 1 aromatic rings. The smallest absolute Gasteiger partial charge is 0.223 e. The lowest BCUT2D eigenvalue weighted by atomic mass is 9.43. The largest absolute Gasteiger partial charge is 0.393 e. The fourth-order valence-corrected chi connectivity index (χ4v) is 14.6. The third kappa shape index (κ3) is 6.45. The Morgan fingerprint density at radius 3 is 2.19 bits per heavy atom. The first-order valence-electron chi connectivity index (χ1n) is 22.1. The minimum atomic E-state index is -0.346. The SMILES string of the molecule is CC(C)=CCCC(C)C1CCC2(C)C3=C(CCC12C)C1(C)CCC(O)C(C)(C)C1CC3.CC(C)c1ccc2c(c1)CCC1C(C)(C(N)=O)CCCC21C. The maximum Gasteiger partial charge on any atom is 0.223 e. The summed E-state index contributed by atoms with van der Waals surface area (Å²) in [6, 6.07) is 7.02. The van der Waals surface area contributed by atoms with Crippen LogP contribution < -0.4 is 5.73 Å². The maximum absolute atomic E-state index is 12.2. The van der Waals surface area contributed by atoms with Crippen LogP contribution >= 0.6 is 0 Å². The van der Waals surface area contributed by atoms with E-state index in [2.05, 4.69) is 107 Å². The zero-order chi connectivity index (χ0) is 38.9. The second-order valence-corrected chi connectivity index (χ2v) is 21.8. The number of primary amides is 1. The monoisotopic (exact) mass is 726 g/mol. The first kappa shape index (κ1) is 40.8. The highest BCUT2D eigenvalue weighted by Gasteiger charge is 2.63. The van der Waals surface area contributed by atoms with E-state index in [1.165, 1.54) is 86.5 Å². The van der Waals surface area contributed by atoms with Gasteiger partial charge in [-0.25, -0.2) is 0 Å². The number of aliphatic hydroxyl groups is 1. The van der Waals surface area contributed by atoms with Gasteiger partial charge in [0, 0.05) is 5.41 Å². The number of hydrogen-bond donors (Lipinski definition) is 2. The number of aryl methyl sites for hydroxylation is 1. The van der Waals surface area contributed by atoms with Crippen LogP contribution in [-0.4, -0.2) is 17.1 Å². The molecule has 3 heteroatoms. The van der Waals surface area contributed by atoms with Crippen LogP contribution in [0.1, 0.15) is 196 Å². The molecule has 0 heterocycles. The van der Waals surface area contributed by atoms with Gasteiger partial charge >= 0.3 is 0 Å². The average Bonchev–Trinajstić information content (AvgIpc) is 3.37. The van der Waals surface area contributed by atoms with Crippen LogP contribution in [0.3, 0.4) is 0 Å². The quantitative estimate of drug-likeness (QED) is 0.287. The fraction of sp³-hybridized carbons (Fsp3) is 0.780. The second-order valence-electron chi connectivity index (χ2n) is 21.8. The molecule has 6 aliphatic carbocycles. The molecule has 6 aliphatic rings. The summed E-state index contributed by atoms with van der Waals surface area (Å²) in [4.78, 5) is 12.2. The van der Waals surface area contributed by atoms with Gasteiger partial charge in [-0.2, -0.15) is 0 Å². The summed E-state index contributed by atoms with van der Waals surface area (Å²) in [5, 5.41) is 10.8. The van der Waals surface area contributed by atoms with E-state index in [0.717, 1.165) is 43.9 Å². The van der Waals surface area contributed by atoms with Crippen LogP contribution in [0, 0.1) is 50.7 Å². The second kappa shape index (κ2) is 14.3. The van der Waals surface area contributed by atoms with Crippen molar-refractivity contribution in [2.45, 2.75) is 197 Å². The summed E-state index contributed by atoms with van der Waals surface area (Å²) in [6.07, 6.45) is 20.5. The van der Waals surface area contributed by atoms with E-state index < -0.39 is 0 Å². The molecular weight excluding hydrogens is 647 g/mol. The third-order valence-corrected chi connectivity index (χ3v) is 18.3. The van der Waals surface area contributed by atoms with E-state index in [1.54, 1.807) is 0 Å². The molecule has 296 valence electrons. The number of nitrogens with two attached hydrogens (primary N) is 1. The Morgan fingerprint density at radius 1 is 0.830 bits per heavy atom. The van der Waals surface area contributed by atoms with Crippen LogP contribution in [0.4, 0.5) is 0 Å². The molecule has 53 heavy (non-hydrogen) atoms. The van der Waals surface area contributed by atoms with Gasteiger partial charge in [0.15, 0.2) is 0 Å². The molecule has 3 nitrogen and oxygen atoms in total. The van der Waals surface area contributed by atoms with Crippen molar-refractivity contribution in [2.75, 3.05) is 0 Å². The Bertz CT molecular complexity index is 1610. The summed E-state index contributed by atoms with van der Waals surface area (Å²) in [6.45, 7) is 28.6. The number of hydrogen-bond acceptors (Lipinski definition) is 2. The van der Waals surface area contributed by atoms with Gasteiger partial charge in [0.05, 0.1) is 6.10 Å². The zero-order valence-corrected chi connectivity index (χ0v) is 36.3. The molecule has 7 rings (SSSR count). The Labute approximate surface area is 325 Å². The van der Waals surface area contributed by atoms with Crippen LogP contribution in [0.15, 0.2) is 41.0 Å². The minimum Gasteiger partial charge on any atom is -0.393 e. The third-order valence-electron chi connectivity index (χ3n) is 18.3. The van der Waals surface area contributed by atoms with Gasteiger partial charge in [0.25, 0.3) is 0 Å². The molecule has 0 bridgehead atoms. The Kier molecular flexibility index (Phi) is 11.0. The maximum atomic E-state index is 12.2. The van der Waals surface area contributed by atoms with Gasteiger partial charge in [-0.15, -0.1) is 0 Å². The first-order valence-corrected chi connectivity index (χ1v) is 22.1. The number of aliphatic hydroxyl groups excluding tert-OH is 1. The first-order chi connectivity index (χ1) is 24.7. The van der Waals surface area contributed by atoms with E-state index in [4.69, 9.17) is 5.73 Å². The van der Waals surface area contributed by atoms with Gasteiger partial charge < -0.3 is 10.8 Å². The van der Waals surface area contributed by atoms with Crippen molar-refractivity contribution in [3.05, 3.63) is 57.7 Å². The number of fused-ring (bicyclic) bond motifs is 7. The Hall–Kier alpha value is -1.87. The highest BCUT2D eigenvalue weighted by atomic mass is 16.3. The van der Waals surface area contributed by atoms with E-state index in [0.29, 0.717) is 34.0 Å². The van der Waals surface area contributed by atoms with Crippen molar-refractivity contribution in [3.8, 4) is 0 Å². The summed E-state index contributed by atoms with van der Waals surface area (Å²) in [5.41, 5.74) is 16.4. The molecule has 3 saturated carbocycles. The molecule has 10 unspecified atom stereocenters.